The van der Waals surface area contributed by atoms with Gasteiger partial charge in [0.15, 0.2) is 10.8 Å². The summed E-state index contributed by atoms with van der Waals surface area (Å²) in [7, 11) is -3.00. The number of halogens is 3. The molecule has 1 aromatic carbocycles. The normalized spacial score (nSPS) is 14.2. The fourth-order valence-electron chi connectivity index (χ4n) is 1.77. The molecular formula is C11H10F3NOS. The smallest absolute Gasteiger partial charge is 0.358 e. The summed E-state index contributed by atoms with van der Waals surface area (Å²) in [5.74, 6) is 0. The van der Waals surface area contributed by atoms with E-state index in [1.54, 1.807) is 25.1 Å². The first-order valence-corrected chi connectivity index (χ1v) is 6.03. The molecule has 1 unspecified atom stereocenters. The van der Waals surface area contributed by atoms with Crippen molar-refractivity contribution in [3.8, 4) is 0 Å². The molecule has 2 nitrogen and oxygen atoms in total. The summed E-state index contributed by atoms with van der Waals surface area (Å²) >= 11 is 0. The molecule has 0 aliphatic carbocycles. The largest absolute Gasteiger partial charge is 0.475 e. The average Bonchev–Trinajstić information content (AvgIpc) is 2.51. The lowest BCUT2D eigenvalue weighted by Crippen LogP contribution is -2.16. The third-order valence-electron chi connectivity index (χ3n) is 2.48. The minimum absolute atomic E-state index is 0.170. The number of alkyl halides is 3. The highest BCUT2D eigenvalue weighted by molar-refractivity contribution is 7.86. The molecular weight excluding hydrogens is 251 g/mol. The summed E-state index contributed by atoms with van der Waals surface area (Å²) in [6, 6.07) is 5.09. The molecule has 0 saturated carbocycles. The maximum atomic E-state index is 12.5. The molecule has 0 amide bonds. The first-order valence-electron chi connectivity index (χ1n) is 4.88. The zero-order valence-electron chi connectivity index (χ0n) is 9.18. The van der Waals surface area contributed by atoms with Gasteiger partial charge >= 0.3 is 5.51 Å². The number of hydrogen-bond acceptors (Lipinski definition) is 1. The van der Waals surface area contributed by atoms with E-state index in [0.29, 0.717) is 16.6 Å². The Morgan fingerprint density at radius 1 is 1.24 bits per heavy atom. The minimum Gasteiger partial charge on any atom is -0.358 e. The average molecular weight is 261 g/mol. The molecule has 0 bridgehead atoms. The Hall–Kier alpha value is -1.30. The lowest BCUT2D eigenvalue weighted by atomic mass is 10.2. The van der Waals surface area contributed by atoms with Crippen LogP contribution in [0.3, 0.4) is 0 Å². The number of benzene rings is 1. The van der Waals surface area contributed by atoms with Crippen molar-refractivity contribution in [2.45, 2.75) is 24.3 Å². The monoisotopic (exact) mass is 261 g/mol. The summed E-state index contributed by atoms with van der Waals surface area (Å²) in [6.07, 6.45) is 0. The Morgan fingerprint density at radius 3 is 2.47 bits per heavy atom. The van der Waals surface area contributed by atoms with Crippen LogP contribution in [0, 0.1) is 13.8 Å². The van der Waals surface area contributed by atoms with Crippen LogP contribution in [0.4, 0.5) is 13.2 Å². The van der Waals surface area contributed by atoms with E-state index < -0.39 is 16.3 Å². The third kappa shape index (κ3) is 2.09. The minimum atomic E-state index is -4.73. The van der Waals surface area contributed by atoms with Gasteiger partial charge < -0.3 is 4.98 Å². The third-order valence-corrected chi connectivity index (χ3v) is 3.80. The molecule has 92 valence electrons. The van der Waals surface area contributed by atoms with Gasteiger partial charge in [0.2, 0.25) is 0 Å². The Balaban J connectivity index is 2.72. The SMILES string of the molecule is Cc1ccc2[nH]c(C)c(S(=O)C(F)(F)F)c2c1. The van der Waals surface area contributed by atoms with Crippen LogP contribution >= 0.6 is 0 Å². The second-order valence-electron chi connectivity index (χ2n) is 3.84. The van der Waals surface area contributed by atoms with Gasteiger partial charge in [0.1, 0.15) is 0 Å². The van der Waals surface area contributed by atoms with Crippen molar-refractivity contribution in [3.63, 3.8) is 0 Å². The fourth-order valence-corrected chi connectivity index (χ4v) is 2.70. The van der Waals surface area contributed by atoms with Crippen LogP contribution in [0.5, 0.6) is 0 Å². The zero-order valence-corrected chi connectivity index (χ0v) is 10.00. The van der Waals surface area contributed by atoms with Crippen LogP contribution < -0.4 is 0 Å². The van der Waals surface area contributed by atoms with E-state index in [9.17, 15) is 17.4 Å². The molecule has 2 aromatic rings. The van der Waals surface area contributed by atoms with Crippen molar-refractivity contribution in [2.24, 2.45) is 0 Å². The molecule has 17 heavy (non-hydrogen) atoms. The Kier molecular flexibility index (Phi) is 2.77. The van der Waals surface area contributed by atoms with Crippen LogP contribution in [0.1, 0.15) is 11.3 Å². The molecule has 0 aliphatic rings. The molecule has 0 spiro atoms. The lowest BCUT2D eigenvalue weighted by molar-refractivity contribution is -0.0384. The highest BCUT2D eigenvalue weighted by atomic mass is 32.2. The summed E-state index contributed by atoms with van der Waals surface area (Å²) in [6.45, 7) is 3.27. The van der Waals surface area contributed by atoms with E-state index in [4.69, 9.17) is 0 Å². The number of nitrogens with one attached hydrogen (secondary N) is 1. The molecule has 1 aromatic heterocycles. The van der Waals surface area contributed by atoms with Gasteiger partial charge in [-0.2, -0.15) is 13.2 Å². The highest BCUT2D eigenvalue weighted by Gasteiger charge is 2.40. The molecule has 0 aliphatic heterocycles. The van der Waals surface area contributed by atoms with Gasteiger partial charge in [-0.05, 0) is 26.0 Å². The van der Waals surface area contributed by atoms with E-state index in [-0.39, 0.29) is 4.90 Å². The second kappa shape index (κ2) is 3.87. The van der Waals surface area contributed by atoms with Gasteiger partial charge in [-0.15, -0.1) is 0 Å². The van der Waals surface area contributed by atoms with Crippen molar-refractivity contribution >= 4 is 21.7 Å². The number of aryl methyl sites for hydroxylation is 2. The summed E-state index contributed by atoms with van der Waals surface area (Å²) in [5, 5.41) is 0.373. The first kappa shape index (κ1) is 12.2. The predicted molar refractivity (Wildman–Crippen MR) is 60.2 cm³/mol. The number of aromatic amines is 1. The summed E-state index contributed by atoms with van der Waals surface area (Å²) < 4.78 is 49.0. The van der Waals surface area contributed by atoms with Crippen LogP contribution in [0.15, 0.2) is 23.1 Å². The van der Waals surface area contributed by atoms with E-state index in [1.807, 2.05) is 0 Å². The van der Waals surface area contributed by atoms with Crippen LogP contribution in [0.25, 0.3) is 10.9 Å². The molecule has 1 atom stereocenters. The molecule has 2 rings (SSSR count). The van der Waals surface area contributed by atoms with Crippen molar-refractivity contribution < 1.29 is 17.4 Å². The van der Waals surface area contributed by atoms with E-state index in [0.717, 1.165) is 5.56 Å². The van der Waals surface area contributed by atoms with Gasteiger partial charge in [0.25, 0.3) is 0 Å². The van der Waals surface area contributed by atoms with Crippen molar-refractivity contribution in [3.05, 3.63) is 29.5 Å². The standard InChI is InChI=1S/C11H10F3NOS/c1-6-3-4-9-8(5-6)10(7(2)15-9)17(16)11(12,13)14/h3-5,15H,1-2H3. The number of fused-ring (bicyclic) bond motifs is 1. The van der Waals surface area contributed by atoms with E-state index in [2.05, 4.69) is 4.98 Å². The molecule has 1 heterocycles. The van der Waals surface area contributed by atoms with Crippen LogP contribution in [0.2, 0.25) is 0 Å². The first-order chi connectivity index (χ1) is 7.80. The quantitative estimate of drug-likeness (QED) is 0.838. The van der Waals surface area contributed by atoms with Crippen molar-refractivity contribution in [1.82, 2.24) is 4.98 Å². The molecule has 0 radical (unpaired) electrons. The second-order valence-corrected chi connectivity index (χ2v) is 5.25. The van der Waals surface area contributed by atoms with E-state index in [1.165, 1.54) is 6.92 Å². The Morgan fingerprint density at radius 2 is 1.88 bits per heavy atom. The number of aromatic nitrogens is 1. The maximum absolute atomic E-state index is 12.5. The fraction of sp³-hybridized carbons (Fsp3) is 0.273. The lowest BCUT2D eigenvalue weighted by Gasteiger charge is -2.06. The highest BCUT2D eigenvalue weighted by Crippen LogP contribution is 2.33. The van der Waals surface area contributed by atoms with Gasteiger partial charge in [0, 0.05) is 16.6 Å². The summed E-state index contributed by atoms with van der Waals surface area (Å²) in [5.41, 5.74) is -3.04. The Labute approximate surface area is 98.3 Å². The molecule has 6 heteroatoms. The van der Waals surface area contributed by atoms with Crippen molar-refractivity contribution in [2.75, 3.05) is 0 Å². The van der Waals surface area contributed by atoms with Gasteiger partial charge in [-0.1, -0.05) is 11.6 Å². The molecule has 1 N–H and O–H groups in total. The van der Waals surface area contributed by atoms with Crippen molar-refractivity contribution in [1.29, 1.82) is 0 Å². The van der Waals surface area contributed by atoms with Gasteiger partial charge in [-0.3, -0.25) is 0 Å². The topological polar surface area (TPSA) is 32.9 Å². The number of rotatable bonds is 1. The molecule has 0 fully saturated rings. The van der Waals surface area contributed by atoms with Gasteiger partial charge in [-0.25, -0.2) is 4.21 Å². The van der Waals surface area contributed by atoms with Crippen LogP contribution in [-0.4, -0.2) is 14.7 Å². The Bertz CT molecular complexity index is 601. The molecule has 0 saturated heterocycles. The van der Waals surface area contributed by atoms with E-state index >= 15 is 0 Å². The predicted octanol–water partition coefficient (Wildman–Crippen LogP) is 3.41. The zero-order chi connectivity index (χ0) is 12.8. The van der Waals surface area contributed by atoms with Crippen LogP contribution in [-0.2, 0) is 10.8 Å². The maximum Gasteiger partial charge on any atom is 0.475 e. The van der Waals surface area contributed by atoms with Gasteiger partial charge in [0.05, 0.1) is 4.90 Å². The number of hydrogen-bond donors (Lipinski definition) is 1. The summed E-state index contributed by atoms with van der Waals surface area (Å²) in [4.78, 5) is 2.64. The number of H-pyrrole nitrogens is 1.